The van der Waals surface area contributed by atoms with Gasteiger partial charge < -0.3 is 19.6 Å². The molecule has 6 heteroatoms. The molecule has 0 saturated heterocycles. The van der Waals surface area contributed by atoms with Crippen molar-refractivity contribution in [3.63, 3.8) is 0 Å². The average molecular weight is 259 g/mol. The number of esters is 1. The number of unbranched alkanes of at least 4 members (excludes halogenated alkanes) is 1. The van der Waals surface area contributed by atoms with Crippen LogP contribution in [0.25, 0.3) is 0 Å². The molecule has 104 valence electrons. The Morgan fingerprint density at radius 2 is 1.94 bits per heavy atom. The first-order valence-electron chi connectivity index (χ1n) is 5.81. The molecular formula is C12H21NO5. The Kier molecular flexibility index (Phi) is 7.00. The van der Waals surface area contributed by atoms with Crippen molar-refractivity contribution in [2.45, 2.75) is 51.7 Å². The van der Waals surface area contributed by atoms with Crippen molar-refractivity contribution >= 4 is 18.3 Å². The second kappa shape index (κ2) is 7.68. The molecule has 0 fully saturated rings. The average Bonchev–Trinajstić information content (AvgIpc) is 2.25. The first-order valence-corrected chi connectivity index (χ1v) is 5.81. The van der Waals surface area contributed by atoms with Crippen LogP contribution in [0.2, 0.25) is 0 Å². The van der Waals surface area contributed by atoms with Gasteiger partial charge in [-0.15, -0.1) is 0 Å². The van der Waals surface area contributed by atoms with Crippen LogP contribution in [0.3, 0.4) is 0 Å². The largest absolute Gasteiger partial charge is 0.458 e. The van der Waals surface area contributed by atoms with Gasteiger partial charge in [0.25, 0.3) is 0 Å². The first-order chi connectivity index (χ1) is 8.30. The highest BCUT2D eigenvalue weighted by atomic mass is 16.6. The summed E-state index contributed by atoms with van der Waals surface area (Å²) in [5, 5.41) is 2.40. The van der Waals surface area contributed by atoms with E-state index in [9.17, 15) is 14.4 Å². The molecule has 0 heterocycles. The maximum absolute atomic E-state index is 11.8. The summed E-state index contributed by atoms with van der Waals surface area (Å²) in [5.41, 5.74) is -0.627. The number of rotatable bonds is 6. The minimum atomic E-state index is -0.795. The van der Waals surface area contributed by atoms with E-state index in [-0.39, 0.29) is 0 Å². The lowest BCUT2D eigenvalue weighted by Crippen LogP contribution is -2.44. The van der Waals surface area contributed by atoms with E-state index in [1.807, 2.05) is 0 Å². The number of nitrogens with one attached hydrogen (secondary N) is 1. The molecule has 0 aliphatic carbocycles. The second-order valence-corrected chi connectivity index (χ2v) is 4.82. The van der Waals surface area contributed by atoms with Crippen LogP contribution >= 0.6 is 0 Å². The maximum Gasteiger partial charge on any atom is 0.407 e. The van der Waals surface area contributed by atoms with Gasteiger partial charge in [-0.3, -0.25) is 0 Å². The SMILES string of the molecule is COC(=O)NC(CCCC=O)C(=O)OC(C)(C)C. The molecule has 0 radical (unpaired) electrons. The van der Waals surface area contributed by atoms with Gasteiger partial charge in [-0.05, 0) is 33.6 Å². The lowest BCUT2D eigenvalue weighted by atomic mass is 10.1. The van der Waals surface area contributed by atoms with Gasteiger partial charge in [0.05, 0.1) is 7.11 Å². The van der Waals surface area contributed by atoms with Crippen LogP contribution in [0.5, 0.6) is 0 Å². The molecule has 0 rings (SSSR count). The van der Waals surface area contributed by atoms with Crippen molar-refractivity contribution in [3.8, 4) is 0 Å². The van der Waals surface area contributed by atoms with E-state index >= 15 is 0 Å². The number of amides is 1. The van der Waals surface area contributed by atoms with E-state index in [1.165, 1.54) is 7.11 Å². The fourth-order valence-electron chi connectivity index (χ4n) is 1.23. The van der Waals surface area contributed by atoms with Gasteiger partial charge in [-0.2, -0.15) is 0 Å². The molecule has 0 aromatic carbocycles. The summed E-state index contributed by atoms with van der Waals surface area (Å²) in [4.78, 5) is 33.2. The number of aldehydes is 1. The number of carbonyl (C=O) groups excluding carboxylic acids is 3. The van der Waals surface area contributed by atoms with E-state index in [0.717, 1.165) is 6.29 Å². The van der Waals surface area contributed by atoms with Crippen molar-refractivity contribution in [2.24, 2.45) is 0 Å². The zero-order chi connectivity index (χ0) is 14.2. The third kappa shape index (κ3) is 7.65. The molecule has 6 nitrogen and oxygen atoms in total. The predicted molar refractivity (Wildman–Crippen MR) is 65.1 cm³/mol. The number of hydrogen-bond acceptors (Lipinski definition) is 5. The normalized spacial score (nSPS) is 12.4. The Labute approximate surface area is 107 Å². The fraction of sp³-hybridized carbons (Fsp3) is 0.750. The van der Waals surface area contributed by atoms with E-state index in [1.54, 1.807) is 20.8 Å². The minimum absolute atomic E-state index is 0.335. The Hall–Kier alpha value is -1.59. The van der Waals surface area contributed by atoms with Crippen molar-refractivity contribution in [2.75, 3.05) is 7.11 Å². The van der Waals surface area contributed by atoms with Gasteiger partial charge in [-0.1, -0.05) is 0 Å². The van der Waals surface area contributed by atoms with Gasteiger partial charge in [0, 0.05) is 6.42 Å². The van der Waals surface area contributed by atoms with Crippen LogP contribution < -0.4 is 5.32 Å². The van der Waals surface area contributed by atoms with Gasteiger partial charge in [-0.25, -0.2) is 9.59 Å². The molecule has 0 aromatic rings. The molecule has 0 spiro atoms. The monoisotopic (exact) mass is 259 g/mol. The van der Waals surface area contributed by atoms with Crippen LogP contribution in [-0.4, -0.2) is 37.1 Å². The maximum atomic E-state index is 11.8. The lowest BCUT2D eigenvalue weighted by Gasteiger charge is -2.24. The molecule has 0 aliphatic heterocycles. The summed E-state index contributed by atoms with van der Waals surface area (Å²) in [6.45, 7) is 5.22. The summed E-state index contributed by atoms with van der Waals surface area (Å²) in [5.74, 6) is -0.529. The molecule has 1 unspecified atom stereocenters. The Bertz CT molecular complexity index is 295. The molecule has 0 saturated carbocycles. The highest BCUT2D eigenvalue weighted by molar-refractivity contribution is 5.81. The first kappa shape index (κ1) is 16.4. The minimum Gasteiger partial charge on any atom is -0.458 e. The Balaban J connectivity index is 4.48. The summed E-state index contributed by atoms with van der Waals surface area (Å²) >= 11 is 0. The van der Waals surface area contributed by atoms with E-state index in [0.29, 0.717) is 19.3 Å². The van der Waals surface area contributed by atoms with Crippen LogP contribution in [0.15, 0.2) is 0 Å². The highest BCUT2D eigenvalue weighted by Crippen LogP contribution is 2.11. The molecule has 1 atom stereocenters. The Morgan fingerprint density at radius 1 is 1.33 bits per heavy atom. The standard InChI is InChI=1S/C12H21NO5/c1-12(2,3)18-10(15)9(7-5-6-8-14)13-11(16)17-4/h8-9H,5-7H2,1-4H3,(H,13,16). The van der Waals surface area contributed by atoms with Crippen LogP contribution in [0.1, 0.15) is 40.0 Å². The van der Waals surface area contributed by atoms with Gasteiger partial charge >= 0.3 is 12.1 Å². The number of methoxy groups -OCH3 is 1. The molecule has 1 N–H and O–H groups in total. The van der Waals surface area contributed by atoms with Gasteiger partial charge in [0.2, 0.25) is 0 Å². The van der Waals surface area contributed by atoms with Crippen LogP contribution in [0, 0.1) is 0 Å². The van der Waals surface area contributed by atoms with Crippen molar-refractivity contribution in [1.82, 2.24) is 5.32 Å². The molecule has 0 bridgehead atoms. The van der Waals surface area contributed by atoms with Crippen LogP contribution in [0.4, 0.5) is 4.79 Å². The van der Waals surface area contributed by atoms with Gasteiger partial charge in [0.15, 0.2) is 0 Å². The summed E-state index contributed by atoms with van der Waals surface area (Å²) in [6.07, 6.45) is 1.24. The molecule has 0 aliphatic rings. The third-order valence-corrected chi connectivity index (χ3v) is 1.98. The van der Waals surface area contributed by atoms with E-state index in [4.69, 9.17) is 4.74 Å². The van der Waals surface area contributed by atoms with E-state index < -0.39 is 23.7 Å². The third-order valence-electron chi connectivity index (χ3n) is 1.98. The number of carbonyl (C=O) groups is 3. The van der Waals surface area contributed by atoms with Crippen molar-refractivity contribution < 1.29 is 23.9 Å². The van der Waals surface area contributed by atoms with Crippen molar-refractivity contribution in [1.29, 1.82) is 0 Å². The predicted octanol–water partition coefficient (Wildman–Crippen LogP) is 1.42. The van der Waals surface area contributed by atoms with Gasteiger partial charge in [0.1, 0.15) is 17.9 Å². The second-order valence-electron chi connectivity index (χ2n) is 4.82. The molecule has 0 aromatic heterocycles. The smallest absolute Gasteiger partial charge is 0.407 e. The summed E-state index contributed by atoms with van der Waals surface area (Å²) in [6, 6.07) is -0.795. The lowest BCUT2D eigenvalue weighted by molar-refractivity contribution is -0.157. The topological polar surface area (TPSA) is 81.7 Å². The zero-order valence-corrected chi connectivity index (χ0v) is 11.3. The molecule has 1 amide bonds. The zero-order valence-electron chi connectivity index (χ0n) is 11.3. The molecule has 18 heavy (non-hydrogen) atoms. The quantitative estimate of drug-likeness (QED) is 0.443. The number of ether oxygens (including phenoxy) is 2. The molecular weight excluding hydrogens is 238 g/mol. The number of hydrogen-bond donors (Lipinski definition) is 1. The number of alkyl carbamates (subject to hydrolysis) is 1. The van der Waals surface area contributed by atoms with E-state index in [2.05, 4.69) is 10.1 Å². The fourth-order valence-corrected chi connectivity index (χ4v) is 1.23. The van der Waals surface area contributed by atoms with Crippen molar-refractivity contribution in [3.05, 3.63) is 0 Å². The summed E-state index contributed by atoms with van der Waals surface area (Å²) < 4.78 is 9.62. The summed E-state index contributed by atoms with van der Waals surface area (Å²) in [7, 11) is 1.22. The Morgan fingerprint density at radius 3 is 2.39 bits per heavy atom. The van der Waals surface area contributed by atoms with Crippen LogP contribution in [-0.2, 0) is 19.1 Å². The highest BCUT2D eigenvalue weighted by Gasteiger charge is 2.26.